The van der Waals surface area contributed by atoms with Crippen LogP contribution in [-0.4, -0.2) is 40.6 Å². The summed E-state index contributed by atoms with van der Waals surface area (Å²) < 4.78 is 11.8. The Kier molecular flexibility index (Phi) is 8.50. The van der Waals surface area contributed by atoms with Crippen molar-refractivity contribution in [1.29, 1.82) is 5.26 Å². The van der Waals surface area contributed by atoms with Crippen molar-refractivity contribution in [3.05, 3.63) is 77.4 Å². The number of carbonyl (C=O) groups is 2. The molecule has 0 radical (unpaired) electrons. The number of aromatic nitrogens is 1. The van der Waals surface area contributed by atoms with Gasteiger partial charge in [0.2, 0.25) is 5.91 Å². The summed E-state index contributed by atoms with van der Waals surface area (Å²) in [6.07, 6.45) is 1.17. The fourth-order valence-electron chi connectivity index (χ4n) is 4.66. The summed E-state index contributed by atoms with van der Waals surface area (Å²) in [5.41, 5.74) is 2.78. The van der Waals surface area contributed by atoms with Crippen molar-refractivity contribution in [3.63, 3.8) is 0 Å². The summed E-state index contributed by atoms with van der Waals surface area (Å²) in [6, 6.07) is 21.6. The van der Waals surface area contributed by atoms with E-state index in [0.717, 1.165) is 29.5 Å². The van der Waals surface area contributed by atoms with Gasteiger partial charge in [0, 0.05) is 31.5 Å². The SMILES string of the molecule is CC(=O)Nc1nc(-c2ccccc2OCc2ccccc2)cc(C2CCCN(C(=O)OC(C)(C)C)C2)c1C#N. The Morgan fingerprint density at radius 3 is 2.54 bits per heavy atom. The molecule has 202 valence electrons. The first-order chi connectivity index (χ1) is 18.6. The predicted octanol–water partition coefficient (Wildman–Crippen LogP) is 6.27. The van der Waals surface area contributed by atoms with Gasteiger partial charge in [-0.15, -0.1) is 0 Å². The molecule has 1 N–H and O–H groups in total. The molecule has 0 spiro atoms. The maximum absolute atomic E-state index is 12.8. The first kappa shape index (κ1) is 27.6. The van der Waals surface area contributed by atoms with Gasteiger partial charge in [-0.3, -0.25) is 4.79 Å². The molecule has 1 unspecified atom stereocenters. The zero-order valence-electron chi connectivity index (χ0n) is 22.9. The standard InChI is InChI=1S/C31H34N4O4/c1-21(36)33-29-26(18-32)25(23-13-10-16-35(19-23)30(37)39-31(2,3)4)17-27(34-29)24-14-8-9-15-28(24)38-20-22-11-6-5-7-12-22/h5-9,11-12,14-15,17,23H,10,13,16,19-20H2,1-4H3,(H,33,34,36). The van der Waals surface area contributed by atoms with Crippen molar-refractivity contribution in [2.24, 2.45) is 0 Å². The van der Waals surface area contributed by atoms with Gasteiger partial charge >= 0.3 is 6.09 Å². The zero-order valence-corrected chi connectivity index (χ0v) is 22.9. The average Bonchev–Trinajstić information content (AvgIpc) is 2.91. The minimum absolute atomic E-state index is 0.132. The number of rotatable bonds is 6. The fraction of sp³-hybridized carbons (Fsp3) is 0.355. The lowest BCUT2D eigenvalue weighted by atomic mass is 9.87. The van der Waals surface area contributed by atoms with Crippen molar-refractivity contribution in [2.45, 2.75) is 58.7 Å². The van der Waals surface area contributed by atoms with Crippen molar-refractivity contribution < 1.29 is 19.1 Å². The summed E-state index contributed by atoms with van der Waals surface area (Å²) >= 11 is 0. The van der Waals surface area contributed by atoms with Gasteiger partial charge in [-0.25, -0.2) is 9.78 Å². The van der Waals surface area contributed by atoms with Gasteiger partial charge in [-0.2, -0.15) is 5.26 Å². The molecule has 4 rings (SSSR count). The van der Waals surface area contributed by atoms with Crippen LogP contribution in [0.5, 0.6) is 5.75 Å². The Labute approximate surface area is 229 Å². The molecule has 1 aliphatic heterocycles. The van der Waals surface area contributed by atoms with Crippen molar-refractivity contribution in [3.8, 4) is 23.1 Å². The van der Waals surface area contributed by atoms with Gasteiger partial charge < -0.3 is 19.7 Å². The van der Waals surface area contributed by atoms with Gasteiger partial charge in [0.15, 0.2) is 5.82 Å². The van der Waals surface area contributed by atoms with E-state index in [1.807, 2.05) is 81.4 Å². The number of benzene rings is 2. The molecule has 3 aromatic rings. The van der Waals surface area contributed by atoms with Crippen LogP contribution in [0.15, 0.2) is 60.7 Å². The van der Waals surface area contributed by atoms with Gasteiger partial charge in [-0.1, -0.05) is 42.5 Å². The van der Waals surface area contributed by atoms with Gasteiger partial charge in [0.25, 0.3) is 0 Å². The molecule has 39 heavy (non-hydrogen) atoms. The minimum Gasteiger partial charge on any atom is -0.488 e. The molecule has 8 nitrogen and oxygen atoms in total. The van der Waals surface area contributed by atoms with E-state index in [2.05, 4.69) is 16.4 Å². The highest BCUT2D eigenvalue weighted by Crippen LogP contribution is 2.37. The van der Waals surface area contributed by atoms with Crippen molar-refractivity contribution >= 4 is 17.8 Å². The van der Waals surface area contributed by atoms with Crippen LogP contribution in [0.3, 0.4) is 0 Å². The lowest BCUT2D eigenvalue weighted by Crippen LogP contribution is -2.42. The van der Waals surface area contributed by atoms with Gasteiger partial charge in [-0.05, 0) is 62.9 Å². The van der Waals surface area contributed by atoms with E-state index in [1.54, 1.807) is 4.90 Å². The molecule has 1 saturated heterocycles. The summed E-state index contributed by atoms with van der Waals surface area (Å²) in [4.78, 5) is 31.3. The molecule has 1 aromatic heterocycles. The third-order valence-electron chi connectivity index (χ3n) is 6.37. The van der Waals surface area contributed by atoms with E-state index in [0.29, 0.717) is 36.7 Å². The molecule has 8 heteroatoms. The Hall–Kier alpha value is -4.38. The zero-order chi connectivity index (χ0) is 28.0. The second-order valence-corrected chi connectivity index (χ2v) is 10.6. The average molecular weight is 527 g/mol. The molecule has 1 aliphatic rings. The highest BCUT2D eigenvalue weighted by molar-refractivity contribution is 5.90. The number of hydrogen-bond acceptors (Lipinski definition) is 6. The van der Waals surface area contributed by atoms with Crippen LogP contribution in [0.1, 0.15) is 63.1 Å². The molecule has 0 saturated carbocycles. The minimum atomic E-state index is -0.603. The second-order valence-electron chi connectivity index (χ2n) is 10.6. The number of hydrogen-bond donors (Lipinski definition) is 1. The Morgan fingerprint density at radius 1 is 1.13 bits per heavy atom. The number of nitrogens with one attached hydrogen (secondary N) is 1. The number of carbonyl (C=O) groups excluding carboxylic acids is 2. The number of piperidine rings is 1. The highest BCUT2D eigenvalue weighted by Gasteiger charge is 2.31. The van der Waals surface area contributed by atoms with Crippen LogP contribution in [-0.2, 0) is 16.1 Å². The molecule has 1 fully saturated rings. The Bertz CT molecular complexity index is 1380. The van der Waals surface area contributed by atoms with Crippen LogP contribution in [0.2, 0.25) is 0 Å². The van der Waals surface area contributed by atoms with E-state index in [4.69, 9.17) is 9.47 Å². The topological polar surface area (TPSA) is 105 Å². The Morgan fingerprint density at radius 2 is 1.85 bits per heavy atom. The maximum atomic E-state index is 12.8. The maximum Gasteiger partial charge on any atom is 0.410 e. The van der Waals surface area contributed by atoms with E-state index in [1.165, 1.54) is 6.92 Å². The number of likely N-dealkylation sites (tertiary alicyclic amines) is 1. The number of amides is 2. The lowest BCUT2D eigenvalue weighted by molar-refractivity contribution is -0.114. The van der Waals surface area contributed by atoms with Crippen molar-refractivity contribution in [1.82, 2.24) is 9.88 Å². The first-order valence-corrected chi connectivity index (χ1v) is 13.1. The third-order valence-corrected chi connectivity index (χ3v) is 6.37. The first-order valence-electron chi connectivity index (χ1n) is 13.1. The van der Waals surface area contributed by atoms with E-state index in [-0.39, 0.29) is 23.7 Å². The smallest absolute Gasteiger partial charge is 0.410 e. The number of para-hydroxylation sites is 1. The number of anilines is 1. The number of ether oxygens (including phenoxy) is 2. The summed E-state index contributed by atoms with van der Waals surface area (Å²) in [5.74, 6) is 0.379. The molecule has 1 atom stereocenters. The summed E-state index contributed by atoms with van der Waals surface area (Å²) in [7, 11) is 0. The number of nitriles is 1. The predicted molar refractivity (Wildman–Crippen MR) is 149 cm³/mol. The Balaban J connectivity index is 1.72. The molecule has 2 amide bonds. The third kappa shape index (κ3) is 7.14. The summed E-state index contributed by atoms with van der Waals surface area (Å²) in [5, 5.41) is 12.9. The molecule has 2 heterocycles. The largest absolute Gasteiger partial charge is 0.488 e. The number of nitrogens with zero attached hydrogens (tertiary/aromatic N) is 3. The molecule has 0 bridgehead atoms. The van der Waals surface area contributed by atoms with Gasteiger partial charge in [0.1, 0.15) is 24.0 Å². The summed E-state index contributed by atoms with van der Waals surface area (Å²) in [6.45, 7) is 8.27. The lowest BCUT2D eigenvalue weighted by Gasteiger charge is -2.34. The normalized spacial score (nSPS) is 15.3. The van der Waals surface area contributed by atoms with Crippen LogP contribution in [0.4, 0.5) is 10.6 Å². The fourth-order valence-corrected chi connectivity index (χ4v) is 4.66. The van der Waals surface area contributed by atoms with Crippen molar-refractivity contribution in [2.75, 3.05) is 18.4 Å². The van der Waals surface area contributed by atoms with E-state index in [9.17, 15) is 14.9 Å². The molecular weight excluding hydrogens is 492 g/mol. The van der Waals surface area contributed by atoms with Gasteiger partial charge in [0.05, 0.1) is 11.3 Å². The number of pyridine rings is 1. The van der Waals surface area contributed by atoms with Crippen LogP contribution in [0.25, 0.3) is 11.3 Å². The molecule has 0 aliphatic carbocycles. The van der Waals surface area contributed by atoms with Crippen LogP contribution < -0.4 is 10.1 Å². The quantitative estimate of drug-likeness (QED) is 0.406. The van der Waals surface area contributed by atoms with E-state index >= 15 is 0 Å². The highest BCUT2D eigenvalue weighted by atomic mass is 16.6. The van der Waals surface area contributed by atoms with E-state index < -0.39 is 5.60 Å². The molecule has 2 aromatic carbocycles. The molecular formula is C31H34N4O4. The van der Waals surface area contributed by atoms with Crippen LogP contribution in [0, 0.1) is 11.3 Å². The van der Waals surface area contributed by atoms with Crippen LogP contribution >= 0.6 is 0 Å². The monoisotopic (exact) mass is 526 g/mol. The second kappa shape index (κ2) is 12.0.